The molecule has 1 aromatic carbocycles. The van der Waals surface area contributed by atoms with Gasteiger partial charge in [-0.3, -0.25) is 9.59 Å². The van der Waals surface area contributed by atoms with Crippen LogP contribution in [0, 0.1) is 11.8 Å². The van der Waals surface area contributed by atoms with E-state index in [-0.39, 0.29) is 11.7 Å². The van der Waals surface area contributed by atoms with Crippen LogP contribution >= 0.6 is 0 Å². The Kier molecular flexibility index (Phi) is 5.61. The second-order valence-electron chi connectivity index (χ2n) is 7.22. The lowest BCUT2D eigenvalue weighted by molar-refractivity contribution is -0.150. The molecule has 0 saturated carbocycles. The van der Waals surface area contributed by atoms with E-state index in [4.69, 9.17) is 4.74 Å². The second-order valence-corrected chi connectivity index (χ2v) is 7.22. The highest BCUT2D eigenvalue weighted by Crippen LogP contribution is 2.30. The number of allylic oxidation sites excluding steroid dienone is 2. The van der Waals surface area contributed by atoms with Crippen molar-refractivity contribution in [2.45, 2.75) is 13.3 Å². The Hall–Kier alpha value is -2.34. The molecule has 1 aromatic rings. The number of likely N-dealkylation sites (N-methyl/N-ethyl adjacent to an activating group) is 1. The maximum atomic E-state index is 12.3. The van der Waals surface area contributed by atoms with E-state index in [0.29, 0.717) is 6.42 Å². The van der Waals surface area contributed by atoms with Gasteiger partial charge in [-0.05, 0) is 37.6 Å². The molecule has 0 radical (unpaired) electrons. The average Bonchev–Trinajstić information content (AvgIpc) is 2.61. The number of carbonyl (C=O) groups is 2. The first-order chi connectivity index (χ1) is 12.5. The molecular weight excluding hydrogens is 330 g/mol. The Morgan fingerprint density at radius 1 is 1.23 bits per heavy atom. The van der Waals surface area contributed by atoms with Crippen molar-refractivity contribution in [2.24, 2.45) is 11.8 Å². The molecule has 1 saturated heterocycles. The number of hydrogen-bond acceptors (Lipinski definition) is 6. The van der Waals surface area contributed by atoms with E-state index in [2.05, 4.69) is 34.3 Å². The third-order valence-corrected chi connectivity index (χ3v) is 5.21. The summed E-state index contributed by atoms with van der Waals surface area (Å²) < 4.78 is 4.76. The zero-order valence-corrected chi connectivity index (χ0v) is 15.7. The molecule has 3 rings (SSSR count). The van der Waals surface area contributed by atoms with E-state index in [1.54, 1.807) is 6.08 Å². The summed E-state index contributed by atoms with van der Waals surface area (Å²) in [7, 11) is 3.47. The number of benzene rings is 1. The first-order valence-corrected chi connectivity index (χ1v) is 9.10. The normalized spacial score (nSPS) is 24.2. The van der Waals surface area contributed by atoms with Crippen LogP contribution < -0.4 is 10.2 Å². The predicted octanol–water partition coefficient (Wildman–Crippen LogP) is 2.13. The minimum absolute atomic E-state index is 0.0803. The molecule has 6 nitrogen and oxygen atoms in total. The monoisotopic (exact) mass is 357 g/mol. The third-order valence-electron chi connectivity index (χ3n) is 5.21. The summed E-state index contributed by atoms with van der Waals surface area (Å²) in [5.74, 6) is -1.41. The van der Waals surface area contributed by atoms with Crippen molar-refractivity contribution in [3.63, 3.8) is 0 Å². The number of nitrogens with zero attached hydrogens (tertiary/aromatic N) is 2. The fraction of sp³-hybridized carbons (Fsp3) is 0.500. The summed E-state index contributed by atoms with van der Waals surface area (Å²) in [6.45, 7) is 6.06. The smallest absolute Gasteiger partial charge is 0.316 e. The number of esters is 1. The largest absolute Gasteiger partial charge is 0.468 e. The highest BCUT2D eigenvalue weighted by Gasteiger charge is 2.35. The first kappa shape index (κ1) is 18.5. The average molecular weight is 357 g/mol. The van der Waals surface area contributed by atoms with E-state index >= 15 is 0 Å². The summed E-state index contributed by atoms with van der Waals surface area (Å²) in [6.07, 6.45) is 2.19. The molecular formula is C20H27N3O3. The lowest BCUT2D eigenvalue weighted by Gasteiger charge is -2.34. The summed E-state index contributed by atoms with van der Waals surface area (Å²) in [6, 6.07) is 8.27. The lowest BCUT2D eigenvalue weighted by Crippen LogP contribution is -2.44. The quantitative estimate of drug-likeness (QED) is 0.658. The first-order valence-electron chi connectivity index (χ1n) is 9.10. The SMILES string of the molecule is COC(=O)C1C(=O)C=C(Nc2cccc(N3CCN(C)CC3)c2)CC1C. The van der Waals surface area contributed by atoms with E-state index in [1.807, 2.05) is 19.1 Å². The third kappa shape index (κ3) is 4.07. The van der Waals surface area contributed by atoms with Crippen LogP contribution in [0.2, 0.25) is 0 Å². The molecule has 0 spiro atoms. The number of anilines is 2. The Balaban J connectivity index is 1.70. The van der Waals surface area contributed by atoms with Gasteiger partial charge in [-0.25, -0.2) is 0 Å². The Morgan fingerprint density at radius 2 is 1.96 bits per heavy atom. The van der Waals surface area contributed by atoms with Crippen molar-refractivity contribution in [2.75, 3.05) is 50.6 Å². The highest BCUT2D eigenvalue weighted by atomic mass is 16.5. The molecule has 1 heterocycles. The zero-order chi connectivity index (χ0) is 18.7. The summed E-state index contributed by atoms with van der Waals surface area (Å²) in [5.41, 5.74) is 2.99. The van der Waals surface area contributed by atoms with Crippen molar-refractivity contribution in [3.8, 4) is 0 Å². The molecule has 6 heteroatoms. The maximum absolute atomic E-state index is 12.3. The number of nitrogens with one attached hydrogen (secondary N) is 1. The number of rotatable bonds is 4. The molecule has 1 fully saturated rings. The van der Waals surface area contributed by atoms with Gasteiger partial charge < -0.3 is 19.9 Å². The van der Waals surface area contributed by atoms with E-state index < -0.39 is 11.9 Å². The van der Waals surface area contributed by atoms with Gasteiger partial charge in [0.2, 0.25) is 0 Å². The van der Waals surface area contributed by atoms with Crippen molar-refractivity contribution < 1.29 is 14.3 Å². The van der Waals surface area contributed by atoms with Crippen LogP contribution in [0.1, 0.15) is 13.3 Å². The van der Waals surface area contributed by atoms with Crippen molar-refractivity contribution in [3.05, 3.63) is 36.0 Å². The molecule has 0 bridgehead atoms. The van der Waals surface area contributed by atoms with Gasteiger partial charge in [-0.2, -0.15) is 0 Å². The van der Waals surface area contributed by atoms with Crippen LogP contribution in [0.15, 0.2) is 36.0 Å². The molecule has 0 aromatic heterocycles. The van der Waals surface area contributed by atoms with Crippen molar-refractivity contribution in [1.29, 1.82) is 0 Å². The van der Waals surface area contributed by atoms with E-state index in [1.165, 1.54) is 12.8 Å². The van der Waals surface area contributed by atoms with Gasteiger partial charge in [0.15, 0.2) is 5.78 Å². The number of hydrogen-bond donors (Lipinski definition) is 1. The highest BCUT2D eigenvalue weighted by molar-refractivity contribution is 6.06. The minimum atomic E-state index is -0.692. The number of ketones is 1. The van der Waals surface area contributed by atoms with Gasteiger partial charge in [-0.1, -0.05) is 13.0 Å². The van der Waals surface area contributed by atoms with Gasteiger partial charge in [0.25, 0.3) is 0 Å². The van der Waals surface area contributed by atoms with Gasteiger partial charge in [0, 0.05) is 49.3 Å². The van der Waals surface area contributed by atoms with E-state index in [0.717, 1.165) is 37.6 Å². The molecule has 2 unspecified atom stereocenters. The van der Waals surface area contributed by atoms with Crippen molar-refractivity contribution in [1.82, 2.24) is 4.90 Å². The number of ether oxygens (including phenoxy) is 1. The summed E-state index contributed by atoms with van der Waals surface area (Å²) in [4.78, 5) is 28.8. The number of methoxy groups -OCH3 is 1. The van der Waals surface area contributed by atoms with Crippen LogP contribution in [-0.4, -0.2) is 57.0 Å². The lowest BCUT2D eigenvalue weighted by atomic mass is 9.82. The summed E-state index contributed by atoms with van der Waals surface area (Å²) >= 11 is 0. The summed E-state index contributed by atoms with van der Waals surface area (Å²) in [5, 5.41) is 3.36. The maximum Gasteiger partial charge on any atom is 0.316 e. The molecule has 1 N–H and O–H groups in total. The van der Waals surface area contributed by atoms with Crippen LogP contribution in [0.25, 0.3) is 0 Å². The molecule has 1 aliphatic carbocycles. The molecule has 0 amide bonds. The Labute approximate surface area is 154 Å². The van der Waals surface area contributed by atoms with Gasteiger partial charge in [0.05, 0.1) is 7.11 Å². The molecule has 2 aliphatic rings. The van der Waals surface area contributed by atoms with Crippen LogP contribution in [0.5, 0.6) is 0 Å². The zero-order valence-electron chi connectivity index (χ0n) is 15.7. The molecule has 26 heavy (non-hydrogen) atoms. The standard InChI is InChI=1S/C20H27N3O3/c1-14-11-16(13-18(24)19(14)20(25)26-3)21-15-5-4-6-17(12-15)23-9-7-22(2)8-10-23/h4-6,12-14,19,21H,7-11H2,1-3H3. The van der Waals surface area contributed by atoms with Gasteiger partial charge in [0.1, 0.15) is 5.92 Å². The Bertz CT molecular complexity index is 708. The van der Waals surface area contributed by atoms with Gasteiger partial charge in [-0.15, -0.1) is 0 Å². The van der Waals surface area contributed by atoms with Crippen molar-refractivity contribution >= 4 is 23.1 Å². The molecule has 140 valence electrons. The number of piperazine rings is 1. The predicted molar refractivity (Wildman–Crippen MR) is 102 cm³/mol. The molecule has 1 aliphatic heterocycles. The fourth-order valence-electron chi connectivity index (χ4n) is 3.66. The Morgan fingerprint density at radius 3 is 2.62 bits per heavy atom. The van der Waals surface area contributed by atoms with E-state index in [9.17, 15) is 9.59 Å². The van der Waals surface area contributed by atoms with Crippen LogP contribution in [-0.2, 0) is 14.3 Å². The molecule has 2 atom stereocenters. The topological polar surface area (TPSA) is 61.9 Å². The van der Waals surface area contributed by atoms with Crippen LogP contribution in [0.3, 0.4) is 0 Å². The minimum Gasteiger partial charge on any atom is -0.468 e. The number of carbonyl (C=O) groups excluding carboxylic acids is 2. The van der Waals surface area contributed by atoms with Crippen LogP contribution in [0.4, 0.5) is 11.4 Å². The fourth-order valence-corrected chi connectivity index (χ4v) is 3.66. The second kappa shape index (κ2) is 7.91. The van der Waals surface area contributed by atoms with Gasteiger partial charge >= 0.3 is 5.97 Å².